The van der Waals surface area contributed by atoms with Crippen LogP contribution in [0.4, 0.5) is 4.39 Å². The van der Waals surface area contributed by atoms with Gasteiger partial charge in [0.05, 0.1) is 6.10 Å². The summed E-state index contributed by atoms with van der Waals surface area (Å²) >= 11 is 0. The van der Waals surface area contributed by atoms with E-state index in [9.17, 15) is 9.50 Å². The Morgan fingerprint density at radius 1 is 1.42 bits per heavy atom. The molecule has 0 spiro atoms. The van der Waals surface area contributed by atoms with Gasteiger partial charge in [0.1, 0.15) is 5.82 Å². The molecule has 0 amide bonds. The topological polar surface area (TPSA) is 20.2 Å². The minimum Gasteiger partial charge on any atom is -0.388 e. The molecule has 1 atom stereocenters. The van der Waals surface area contributed by atoms with Crippen molar-refractivity contribution in [3.63, 3.8) is 0 Å². The molecule has 1 N–H and O–H groups in total. The second kappa shape index (κ2) is 2.72. The fourth-order valence-electron chi connectivity index (χ4n) is 1.46. The Kier molecular flexibility index (Phi) is 1.70. The van der Waals surface area contributed by atoms with Crippen LogP contribution >= 0.6 is 0 Å². The molecule has 1 aliphatic carbocycles. The number of halogens is 1. The van der Waals surface area contributed by atoms with Gasteiger partial charge in [-0.25, -0.2) is 4.39 Å². The summed E-state index contributed by atoms with van der Waals surface area (Å²) in [6.45, 7) is 0. The zero-order chi connectivity index (χ0) is 8.55. The summed E-state index contributed by atoms with van der Waals surface area (Å²) in [6, 6.07) is 4.78. The van der Waals surface area contributed by atoms with Crippen molar-refractivity contribution in [1.82, 2.24) is 0 Å². The summed E-state index contributed by atoms with van der Waals surface area (Å²) in [5.74, 6) is -0.262. The Morgan fingerprint density at radius 2 is 2.25 bits per heavy atom. The van der Waals surface area contributed by atoms with E-state index < -0.39 is 6.10 Å². The van der Waals surface area contributed by atoms with Crippen LogP contribution in [0, 0.1) is 5.82 Å². The van der Waals surface area contributed by atoms with E-state index in [1.807, 2.05) is 0 Å². The van der Waals surface area contributed by atoms with Gasteiger partial charge in [-0.15, -0.1) is 0 Å². The summed E-state index contributed by atoms with van der Waals surface area (Å²) in [6.07, 6.45) is 3.55. The van der Waals surface area contributed by atoms with Crippen molar-refractivity contribution in [1.29, 1.82) is 0 Å². The molecule has 0 fully saturated rings. The van der Waals surface area contributed by atoms with Crippen molar-refractivity contribution in [2.45, 2.75) is 12.5 Å². The molecule has 0 radical (unpaired) electrons. The van der Waals surface area contributed by atoms with Crippen LogP contribution in [0.1, 0.15) is 23.7 Å². The number of rotatable bonds is 0. The molecule has 0 aromatic heterocycles. The van der Waals surface area contributed by atoms with Crippen LogP contribution in [0.2, 0.25) is 0 Å². The second-order valence-electron chi connectivity index (χ2n) is 2.90. The summed E-state index contributed by atoms with van der Waals surface area (Å²) in [5.41, 5.74) is 1.22. The first-order valence-electron chi connectivity index (χ1n) is 3.92. The Hall–Kier alpha value is -1.15. The lowest BCUT2D eigenvalue weighted by atomic mass is 9.95. The molecule has 2 rings (SSSR count). The first kappa shape index (κ1) is 7.50. The maximum Gasteiger partial charge on any atom is 0.130 e. The van der Waals surface area contributed by atoms with Crippen LogP contribution in [0.3, 0.4) is 0 Å². The third-order valence-corrected chi connectivity index (χ3v) is 2.09. The zero-order valence-electron chi connectivity index (χ0n) is 6.50. The molecular weight excluding hydrogens is 155 g/mol. The molecular formula is C10H9FO. The molecule has 1 aromatic rings. The molecule has 1 nitrogen and oxygen atoms in total. The van der Waals surface area contributed by atoms with E-state index in [0.717, 1.165) is 0 Å². The van der Waals surface area contributed by atoms with Gasteiger partial charge in [-0.2, -0.15) is 0 Å². The van der Waals surface area contributed by atoms with E-state index in [0.29, 0.717) is 17.5 Å². The molecule has 1 aromatic carbocycles. The van der Waals surface area contributed by atoms with Crippen molar-refractivity contribution in [3.05, 3.63) is 41.2 Å². The highest BCUT2D eigenvalue weighted by Gasteiger charge is 2.15. The number of hydrogen-bond acceptors (Lipinski definition) is 1. The summed E-state index contributed by atoms with van der Waals surface area (Å²) in [5, 5.41) is 9.47. The summed E-state index contributed by atoms with van der Waals surface area (Å²) in [4.78, 5) is 0. The standard InChI is InChI=1S/C10H9FO/c11-9-5-1-4-8-7(9)3-2-6-10(8)12/h1-5,10,12H,6H2. The fourth-order valence-corrected chi connectivity index (χ4v) is 1.46. The van der Waals surface area contributed by atoms with E-state index in [1.54, 1.807) is 24.3 Å². The Labute approximate surface area is 70.2 Å². The van der Waals surface area contributed by atoms with Gasteiger partial charge in [0.2, 0.25) is 0 Å². The van der Waals surface area contributed by atoms with Gasteiger partial charge in [0, 0.05) is 5.56 Å². The minimum atomic E-state index is -0.541. The lowest BCUT2D eigenvalue weighted by Crippen LogP contribution is -2.03. The Bertz CT molecular complexity index is 331. The molecule has 1 aliphatic rings. The summed E-state index contributed by atoms with van der Waals surface area (Å²) in [7, 11) is 0. The number of hydrogen-bond donors (Lipinski definition) is 1. The van der Waals surface area contributed by atoms with Crippen LogP contribution in [0.15, 0.2) is 24.3 Å². The van der Waals surface area contributed by atoms with Crippen LogP contribution in [-0.4, -0.2) is 5.11 Å². The Balaban J connectivity index is 2.61. The molecule has 1 unspecified atom stereocenters. The highest BCUT2D eigenvalue weighted by molar-refractivity contribution is 5.57. The van der Waals surface area contributed by atoms with Crippen molar-refractivity contribution >= 4 is 6.08 Å². The smallest absolute Gasteiger partial charge is 0.130 e. The molecule has 0 aliphatic heterocycles. The van der Waals surface area contributed by atoms with E-state index in [-0.39, 0.29) is 5.82 Å². The number of fused-ring (bicyclic) bond motifs is 1. The third kappa shape index (κ3) is 1.04. The van der Waals surface area contributed by atoms with Gasteiger partial charge in [-0.1, -0.05) is 24.3 Å². The second-order valence-corrected chi connectivity index (χ2v) is 2.90. The molecule has 2 heteroatoms. The van der Waals surface area contributed by atoms with Crippen LogP contribution in [0.25, 0.3) is 6.08 Å². The van der Waals surface area contributed by atoms with Gasteiger partial charge in [-0.3, -0.25) is 0 Å². The molecule has 0 saturated heterocycles. The predicted molar refractivity (Wildman–Crippen MR) is 45.0 cm³/mol. The van der Waals surface area contributed by atoms with Crippen molar-refractivity contribution in [2.75, 3.05) is 0 Å². The third-order valence-electron chi connectivity index (χ3n) is 2.09. The molecule has 0 heterocycles. The first-order valence-corrected chi connectivity index (χ1v) is 3.92. The molecule has 12 heavy (non-hydrogen) atoms. The average molecular weight is 164 g/mol. The molecule has 0 saturated carbocycles. The van der Waals surface area contributed by atoms with Crippen LogP contribution in [0.5, 0.6) is 0 Å². The minimum absolute atomic E-state index is 0.262. The SMILES string of the molecule is OC1CC=Cc2c(F)cccc21. The van der Waals surface area contributed by atoms with E-state index >= 15 is 0 Å². The van der Waals surface area contributed by atoms with Gasteiger partial charge in [0.15, 0.2) is 0 Å². The number of benzene rings is 1. The highest BCUT2D eigenvalue weighted by atomic mass is 19.1. The lowest BCUT2D eigenvalue weighted by Gasteiger charge is -2.16. The maximum atomic E-state index is 13.1. The summed E-state index contributed by atoms with van der Waals surface area (Å²) < 4.78 is 13.1. The quantitative estimate of drug-likeness (QED) is 0.623. The zero-order valence-corrected chi connectivity index (χ0v) is 6.50. The first-order chi connectivity index (χ1) is 5.79. The lowest BCUT2D eigenvalue weighted by molar-refractivity contribution is 0.179. The van der Waals surface area contributed by atoms with Gasteiger partial charge in [-0.05, 0) is 18.1 Å². The van der Waals surface area contributed by atoms with E-state index in [1.165, 1.54) is 6.07 Å². The number of aliphatic hydroxyl groups excluding tert-OH is 1. The number of aliphatic hydroxyl groups is 1. The normalized spacial score (nSPS) is 20.7. The van der Waals surface area contributed by atoms with Crippen molar-refractivity contribution in [3.8, 4) is 0 Å². The predicted octanol–water partition coefficient (Wildman–Crippen LogP) is 2.28. The maximum absolute atomic E-state index is 13.1. The van der Waals surface area contributed by atoms with Crippen molar-refractivity contribution < 1.29 is 9.50 Å². The van der Waals surface area contributed by atoms with Crippen LogP contribution in [-0.2, 0) is 0 Å². The van der Waals surface area contributed by atoms with Crippen LogP contribution < -0.4 is 0 Å². The Morgan fingerprint density at radius 3 is 3.00 bits per heavy atom. The van der Waals surface area contributed by atoms with E-state index in [2.05, 4.69) is 0 Å². The van der Waals surface area contributed by atoms with Gasteiger partial charge in [0.25, 0.3) is 0 Å². The largest absolute Gasteiger partial charge is 0.388 e. The molecule has 0 bridgehead atoms. The van der Waals surface area contributed by atoms with Gasteiger partial charge < -0.3 is 5.11 Å². The monoisotopic (exact) mass is 164 g/mol. The average Bonchev–Trinajstić information content (AvgIpc) is 2.07. The molecule has 62 valence electrons. The van der Waals surface area contributed by atoms with Crippen molar-refractivity contribution in [2.24, 2.45) is 0 Å². The van der Waals surface area contributed by atoms with E-state index in [4.69, 9.17) is 0 Å². The fraction of sp³-hybridized carbons (Fsp3) is 0.200. The highest BCUT2D eigenvalue weighted by Crippen LogP contribution is 2.28. The van der Waals surface area contributed by atoms with Gasteiger partial charge >= 0.3 is 0 Å².